The molecule has 3 unspecified atom stereocenters. The maximum Gasteiger partial charge on any atom is 0.122 e. The summed E-state index contributed by atoms with van der Waals surface area (Å²) in [4.78, 5) is 1.31. The first-order chi connectivity index (χ1) is 13.4. The quantitative estimate of drug-likeness (QED) is 0.602. The van der Waals surface area contributed by atoms with Crippen molar-refractivity contribution in [2.75, 3.05) is 7.11 Å². The highest BCUT2D eigenvalue weighted by molar-refractivity contribution is 7.19. The third kappa shape index (κ3) is 3.57. The van der Waals surface area contributed by atoms with Gasteiger partial charge in [0.1, 0.15) is 5.75 Å². The van der Waals surface area contributed by atoms with Gasteiger partial charge in [-0.2, -0.15) is 0 Å². The standard InChI is InChI=1S/C24H28O3S/c1-15-11-18(25)14-21(27-15)16-9-10-20(26-4)19(12-16)24(2,3)23-13-17-7-5-6-8-22(17)28-23/h5-10,12-13,15,18,21,25H,11,14H2,1-4H3. The normalized spacial score (nSPS) is 23.1. The Morgan fingerprint density at radius 3 is 2.61 bits per heavy atom. The summed E-state index contributed by atoms with van der Waals surface area (Å²) in [7, 11) is 1.72. The monoisotopic (exact) mass is 396 g/mol. The van der Waals surface area contributed by atoms with Crippen LogP contribution in [0.25, 0.3) is 10.1 Å². The van der Waals surface area contributed by atoms with Gasteiger partial charge in [-0.15, -0.1) is 11.3 Å². The average molecular weight is 397 g/mol. The Morgan fingerprint density at radius 2 is 1.89 bits per heavy atom. The molecule has 0 aliphatic carbocycles. The van der Waals surface area contributed by atoms with E-state index in [1.54, 1.807) is 7.11 Å². The molecule has 3 aromatic rings. The molecule has 1 aliphatic rings. The molecular weight excluding hydrogens is 368 g/mol. The maximum absolute atomic E-state index is 10.2. The van der Waals surface area contributed by atoms with Crippen molar-refractivity contribution in [3.63, 3.8) is 0 Å². The van der Waals surface area contributed by atoms with E-state index in [1.807, 2.05) is 24.3 Å². The lowest BCUT2D eigenvalue weighted by molar-refractivity contribution is -0.0895. The molecule has 0 amide bonds. The number of thiophene rings is 1. The molecule has 1 saturated heterocycles. The van der Waals surface area contributed by atoms with Gasteiger partial charge >= 0.3 is 0 Å². The minimum Gasteiger partial charge on any atom is -0.496 e. The number of methoxy groups -OCH3 is 1. The Hall–Kier alpha value is -1.88. The molecular formula is C24H28O3S. The predicted octanol–water partition coefficient (Wildman–Crippen LogP) is 5.84. The van der Waals surface area contributed by atoms with Crippen molar-refractivity contribution in [2.24, 2.45) is 0 Å². The van der Waals surface area contributed by atoms with Crippen LogP contribution in [0.2, 0.25) is 0 Å². The molecule has 1 N–H and O–H groups in total. The number of ether oxygens (including phenoxy) is 2. The molecule has 1 aliphatic heterocycles. The minimum atomic E-state index is -0.310. The van der Waals surface area contributed by atoms with E-state index in [9.17, 15) is 5.11 Å². The first-order valence-electron chi connectivity index (χ1n) is 9.89. The molecule has 28 heavy (non-hydrogen) atoms. The molecule has 1 fully saturated rings. The van der Waals surface area contributed by atoms with Gasteiger partial charge in [-0.05, 0) is 48.6 Å². The molecule has 3 atom stereocenters. The van der Waals surface area contributed by atoms with Crippen LogP contribution >= 0.6 is 11.3 Å². The molecule has 0 bridgehead atoms. The summed E-state index contributed by atoms with van der Waals surface area (Å²) in [5, 5.41) is 11.5. The van der Waals surface area contributed by atoms with Gasteiger partial charge in [0, 0.05) is 27.0 Å². The zero-order valence-electron chi connectivity index (χ0n) is 16.9. The molecule has 0 saturated carbocycles. The Kier molecular flexibility index (Phi) is 5.21. The molecule has 4 rings (SSSR count). The third-order valence-electron chi connectivity index (χ3n) is 5.80. The predicted molar refractivity (Wildman–Crippen MR) is 115 cm³/mol. The summed E-state index contributed by atoms with van der Waals surface area (Å²) in [5.74, 6) is 0.885. The molecule has 4 heteroatoms. The summed E-state index contributed by atoms with van der Waals surface area (Å²) < 4.78 is 13.2. The second-order valence-corrected chi connectivity index (χ2v) is 9.38. The summed E-state index contributed by atoms with van der Waals surface area (Å²) in [6.45, 7) is 6.53. The van der Waals surface area contributed by atoms with Gasteiger partial charge in [0.05, 0.1) is 25.4 Å². The lowest BCUT2D eigenvalue weighted by Gasteiger charge is -2.33. The van der Waals surface area contributed by atoms with Crippen LogP contribution in [-0.4, -0.2) is 24.4 Å². The van der Waals surface area contributed by atoms with Crippen LogP contribution in [0.3, 0.4) is 0 Å². The number of hydrogen-bond donors (Lipinski definition) is 1. The summed E-state index contributed by atoms with van der Waals surface area (Å²) in [5.41, 5.74) is 2.05. The topological polar surface area (TPSA) is 38.7 Å². The SMILES string of the molecule is COc1ccc(C2CC(O)CC(C)O2)cc1C(C)(C)c1cc2ccccc2s1. The molecule has 2 heterocycles. The summed E-state index contributed by atoms with van der Waals surface area (Å²) in [6, 6.07) is 17.1. The number of fused-ring (bicyclic) bond motifs is 1. The van der Waals surface area contributed by atoms with Crippen molar-refractivity contribution >= 4 is 21.4 Å². The van der Waals surface area contributed by atoms with Crippen molar-refractivity contribution in [2.45, 2.75) is 57.3 Å². The summed E-state index contributed by atoms with van der Waals surface area (Å²) in [6.07, 6.45) is 1.01. The Bertz CT molecular complexity index is 932. The van der Waals surface area contributed by atoms with Gasteiger partial charge in [-0.3, -0.25) is 0 Å². The van der Waals surface area contributed by atoms with Crippen LogP contribution in [0.15, 0.2) is 48.5 Å². The van der Waals surface area contributed by atoms with Crippen molar-refractivity contribution in [3.8, 4) is 5.75 Å². The second-order valence-electron chi connectivity index (χ2n) is 8.29. The van der Waals surface area contributed by atoms with Crippen LogP contribution < -0.4 is 4.74 Å². The van der Waals surface area contributed by atoms with Crippen molar-refractivity contribution in [1.82, 2.24) is 0 Å². The van der Waals surface area contributed by atoms with E-state index in [1.165, 1.54) is 15.0 Å². The highest BCUT2D eigenvalue weighted by Gasteiger charge is 2.32. The Labute approximate surface area is 170 Å². The van der Waals surface area contributed by atoms with Crippen LogP contribution in [0.5, 0.6) is 5.75 Å². The Balaban J connectivity index is 1.76. The second kappa shape index (κ2) is 7.51. The van der Waals surface area contributed by atoms with Crippen LogP contribution in [0, 0.1) is 0 Å². The van der Waals surface area contributed by atoms with E-state index in [4.69, 9.17) is 9.47 Å². The van der Waals surface area contributed by atoms with E-state index >= 15 is 0 Å². The van der Waals surface area contributed by atoms with Gasteiger partial charge in [0.15, 0.2) is 0 Å². The molecule has 0 radical (unpaired) electrons. The van der Waals surface area contributed by atoms with Crippen LogP contribution in [0.1, 0.15) is 55.7 Å². The highest BCUT2D eigenvalue weighted by atomic mass is 32.1. The highest BCUT2D eigenvalue weighted by Crippen LogP contribution is 2.44. The van der Waals surface area contributed by atoms with Crippen LogP contribution in [-0.2, 0) is 10.2 Å². The van der Waals surface area contributed by atoms with Gasteiger partial charge < -0.3 is 14.6 Å². The fraction of sp³-hybridized carbons (Fsp3) is 0.417. The van der Waals surface area contributed by atoms with E-state index in [2.05, 4.69) is 56.3 Å². The van der Waals surface area contributed by atoms with E-state index < -0.39 is 0 Å². The molecule has 2 aromatic carbocycles. The third-order valence-corrected chi connectivity index (χ3v) is 7.24. The minimum absolute atomic E-state index is 0.0647. The van der Waals surface area contributed by atoms with E-state index in [-0.39, 0.29) is 23.7 Å². The number of rotatable bonds is 4. The van der Waals surface area contributed by atoms with Crippen molar-refractivity contribution in [1.29, 1.82) is 0 Å². The fourth-order valence-electron chi connectivity index (χ4n) is 4.17. The molecule has 0 spiro atoms. The lowest BCUT2D eigenvalue weighted by Crippen LogP contribution is -2.29. The molecule has 1 aromatic heterocycles. The molecule has 3 nitrogen and oxygen atoms in total. The van der Waals surface area contributed by atoms with Gasteiger partial charge in [-0.1, -0.05) is 38.1 Å². The van der Waals surface area contributed by atoms with E-state index in [0.717, 1.165) is 16.9 Å². The summed E-state index contributed by atoms with van der Waals surface area (Å²) >= 11 is 1.83. The number of aliphatic hydroxyl groups is 1. The first kappa shape index (κ1) is 19.4. The maximum atomic E-state index is 10.2. The zero-order chi connectivity index (χ0) is 19.9. The van der Waals surface area contributed by atoms with Gasteiger partial charge in [0.2, 0.25) is 0 Å². The average Bonchev–Trinajstić information content (AvgIpc) is 3.12. The first-order valence-corrected chi connectivity index (χ1v) is 10.7. The van der Waals surface area contributed by atoms with E-state index in [0.29, 0.717) is 12.8 Å². The van der Waals surface area contributed by atoms with Crippen molar-refractivity contribution in [3.05, 3.63) is 64.5 Å². The van der Waals surface area contributed by atoms with Crippen LogP contribution in [0.4, 0.5) is 0 Å². The van der Waals surface area contributed by atoms with Gasteiger partial charge in [0.25, 0.3) is 0 Å². The number of aliphatic hydroxyl groups excluding tert-OH is 1. The smallest absolute Gasteiger partial charge is 0.122 e. The number of hydrogen-bond acceptors (Lipinski definition) is 4. The zero-order valence-corrected chi connectivity index (χ0v) is 17.8. The lowest BCUT2D eigenvalue weighted by atomic mass is 9.80. The largest absolute Gasteiger partial charge is 0.496 e. The molecule has 148 valence electrons. The number of benzene rings is 2. The fourth-order valence-corrected chi connectivity index (χ4v) is 5.35. The van der Waals surface area contributed by atoms with Gasteiger partial charge in [-0.25, -0.2) is 0 Å². The Morgan fingerprint density at radius 1 is 1.11 bits per heavy atom. The van der Waals surface area contributed by atoms with Crippen molar-refractivity contribution < 1.29 is 14.6 Å².